The summed E-state index contributed by atoms with van der Waals surface area (Å²) in [6.45, 7) is 5.73. The molecule has 2 aliphatic heterocycles. The second-order valence-corrected chi connectivity index (χ2v) is 5.72. The summed E-state index contributed by atoms with van der Waals surface area (Å²) in [5.41, 5.74) is 2.73. The first-order valence-electron chi connectivity index (χ1n) is 6.83. The number of benzene rings is 1. The molecule has 18 heavy (non-hydrogen) atoms. The van der Waals surface area contributed by atoms with Crippen molar-refractivity contribution in [1.82, 2.24) is 0 Å². The van der Waals surface area contributed by atoms with Crippen LogP contribution in [0, 0.1) is 5.41 Å². The van der Waals surface area contributed by atoms with Crippen LogP contribution in [0.15, 0.2) is 18.2 Å². The topological polar surface area (TPSA) is 30.5 Å². The van der Waals surface area contributed by atoms with Crippen molar-refractivity contribution < 1.29 is 9.47 Å². The minimum absolute atomic E-state index is 0.166. The minimum Gasteiger partial charge on any atom is -0.491 e. The molecule has 0 aromatic heterocycles. The Labute approximate surface area is 108 Å². The van der Waals surface area contributed by atoms with E-state index >= 15 is 0 Å². The van der Waals surface area contributed by atoms with Crippen LogP contribution in [0.2, 0.25) is 0 Å². The molecule has 0 radical (unpaired) electrons. The van der Waals surface area contributed by atoms with Gasteiger partial charge in [0.05, 0.1) is 18.9 Å². The Hall–Kier alpha value is -1.22. The molecule has 1 saturated heterocycles. The molecule has 1 unspecified atom stereocenters. The molecule has 0 amide bonds. The van der Waals surface area contributed by atoms with Gasteiger partial charge in [-0.15, -0.1) is 0 Å². The van der Waals surface area contributed by atoms with E-state index in [4.69, 9.17) is 9.47 Å². The Morgan fingerprint density at radius 1 is 1.44 bits per heavy atom. The highest BCUT2D eigenvalue weighted by Gasteiger charge is 2.29. The van der Waals surface area contributed by atoms with Crippen molar-refractivity contribution in [3.8, 4) is 5.75 Å². The summed E-state index contributed by atoms with van der Waals surface area (Å²) >= 11 is 0. The molecule has 3 heteroatoms. The first kappa shape index (κ1) is 11.8. The summed E-state index contributed by atoms with van der Waals surface area (Å²) in [5.74, 6) is 0.997. The number of ether oxygens (including phenoxy) is 2. The predicted octanol–water partition coefficient (Wildman–Crippen LogP) is 2.85. The molecule has 1 atom stereocenters. The number of nitrogens with one attached hydrogen (secondary N) is 1. The molecule has 1 fully saturated rings. The van der Waals surface area contributed by atoms with Crippen molar-refractivity contribution in [2.45, 2.75) is 26.2 Å². The first-order valence-corrected chi connectivity index (χ1v) is 6.83. The number of anilines is 1. The zero-order valence-electron chi connectivity index (χ0n) is 11.0. The highest BCUT2D eigenvalue weighted by Crippen LogP contribution is 2.35. The summed E-state index contributed by atoms with van der Waals surface area (Å²) in [4.78, 5) is 0. The summed E-state index contributed by atoms with van der Waals surface area (Å²) in [6.07, 6.45) is 3.44. The van der Waals surface area contributed by atoms with Gasteiger partial charge in [0.25, 0.3) is 0 Å². The number of rotatable bonds is 3. The third kappa shape index (κ3) is 2.32. The third-order valence-electron chi connectivity index (χ3n) is 3.90. The molecule has 2 heterocycles. The molecule has 1 aromatic carbocycles. The molecule has 0 spiro atoms. The second kappa shape index (κ2) is 4.81. The lowest BCUT2D eigenvalue weighted by atomic mass is 9.86. The second-order valence-electron chi connectivity index (χ2n) is 5.72. The molecule has 0 saturated carbocycles. The number of para-hydroxylation sites is 1. The Morgan fingerprint density at radius 2 is 2.39 bits per heavy atom. The van der Waals surface area contributed by atoms with Crippen molar-refractivity contribution >= 4 is 5.69 Å². The van der Waals surface area contributed by atoms with Crippen LogP contribution in [0.3, 0.4) is 0 Å². The van der Waals surface area contributed by atoms with E-state index in [0.717, 1.165) is 45.0 Å². The van der Waals surface area contributed by atoms with Gasteiger partial charge in [0.2, 0.25) is 0 Å². The monoisotopic (exact) mass is 247 g/mol. The zero-order chi connectivity index (χ0) is 12.4. The van der Waals surface area contributed by atoms with E-state index < -0.39 is 0 Å². The predicted molar refractivity (Wildman–Crippen MR) is 72.3 cm³/mol. The average Bonchev–Trinajstić information content (AvgIpc) is 2.86. The Balaban J connectivity index is 1.68. The molecule has 1 N–H and O–H groups in total. The van der Waals surface area contributed by atoms with Gasteiger partial charge < -0.3 is 14.8 Å². The minimum atomic E-state index is 0.166. The van der Waals surface area contributed by atoms with Crippen LogP contribution < -0.4 is 10.1 Å². The quantitative estimate of drug-likeness (QED) is 0.891. The number of hydrogen-bond donors (Lipinski definition) is 1. The van der Waals surface area contributed by atoms with Gasteiger partial charge in [-0.25, -0.2) is 0 Å². The van der Waals surface area contributed by atoms with Gasteiger partial charge in [0.1, 0.15) is 5.75 Å². The van der Waals surface area contributed by atoms with Crippen LogP contribution in [0.25, 0.3) is 0 Å². The maximum Gasteiger partial charge on any atom is 0.142 e. The van der Waals surface area contributed by atoms with Gasteiger partial charge in [-0.1, -0.05) is 19.1 Å². The molecular formula is C15H21NO2. The number of hydrogen-bond acceptors (Lipinski definition) is 3. The fraction of sp³-hybridized carbons (Fsp3) is 0.600. The normalized spacial score (nSPS) is 26.5. The molecule has 3 rings (SSSR count). The van der Waals surface area contributed by atoms with Crippen LogP contribution in [-0.2, 0) is 11.2 Å². The molecule has 98 valence electrons. The SMILES string of the molecule is CC1(COc2cccc3c2NCC3)CCCOC1. The summed E-state index contributed by atoms with van der Waals surface area (Å²) in [7, 11) is 0. The first-order chi connectivity index (χ1) is 8.77. The highest BCUT2D eigenvalue weighted by atomic mass is 16.5. The van der Waals surface area contributed by atoms with Crippen molar-refractivity contribution in [1.29, 1.82) is 0 Å². The van der Waals surface area contributed by atoms with Gasteiger partial charge in [0, 0.05) is 18.6 Å². The van der Waals surface area contributed by atoms with Gasteiger partial charge in [-0.3, -0.25) is 0 Å². The van der Waals surface area contributed by atoms with E-state index in [0.29, 0.717) is 0 Å². The average molecular weight is 247 g/mol. The van der Waals surface area contributed by atoms with Gasteiger partial charge in [-0.2, -0.15) is 0 Å². The third-order valence-corrected chi connectivity index (χ3v) is 3.90. The van der Waals surface area contributed by atoms with E-state index in [2.05, 4.69) is 30.4 Å². The van der Waals surface area contributed by atoms with Gasteiger partial charge >= 0.3 is 0 Å². The lowest BCUT2D eigenvalue weighted by Gasteiger charge is -2.33. The maximum absolute atomic E-state index is 6.05. The standard InChI is InChI=1S/C15H21NO2/c1-15(7-3-9-17-10-15)11-18-13-5-2-4-12-6-8-16-14(12)13/h2,4-5,16H,3,6-11H2,1H3. The maximum atomic E-state index is 6.05. The highest BCUT2D eigenvalue weighted by molar-refractivity contribution is 5.65. The van der Waals surface area contributed by atoms with Gasteiger partial charge in [0.15, 0.2) is 0 Å². The number of fused-ring (bicyclic) bond motifs is 1. The van der Waals surface area contributed by atoms with Crippen LogP contribution in [-0.4, -0.2) is 26.4 Å². The fourth-order valence-electron chi connectivity index (χ4n) is 2.79. The van der Waals surface area contributed by atoms with Gasteiger partial charge in [-0.05, 0) is 30.9 Å². The Kier molecular flexibility index (Phi) is 3.16. The van der Waals surface area contributed by atoms with Crippen LogP contribution in [0.4, 0.5) is 5.69 Å². The fourth-order valence-corrected chi connectivity index (χ4v) is 2.79. The lowest BCUT2D eigenvalue weighted by molar-refractivity contribution is -0.0213. The molecule has 0 bridgehead atoms. The molecule has 2 aliphatic rings. The Morgan fingerprint density at radius 3 is 3.22 bits per heavy atom. The van der Waals surface area contributed by atoms with E-state index in [1.165, 1.54) is 17.7 Å². The van der Waals surface area contributed by atoms with E-state index in [-0.39, 0.29) is 5.41 Å². The molecule has 1 aromatic rings. The van der Waals surface area contributed by atoms with Crippen LogP contribution in [0.1, 0.15) is 25.3 Å². The van der Waals surface area contributed by atoms with Crippen LogP contribution in [0.5, 0.6) is 5.75 Å². The smallest absolute Gasteiger partial charge is 0.142 e. The molecular weight excluding hydrogens is 226 g/mol. The van der Waals surface area contributed by atoms with Crippen molar-refractivity contribution in [2.24, 2.45) is 5.41 Å². The Bertz CT molecular complexity index is 425. The lowest BCUT2D eigenvalue weighted by Crippen LogP contribution is -2.34. The molecule has 3 nitrogen and oxygen atoms in total. The van der Waals surface area contributed by atoms with Crippen LogP contribution >= 0.6 is 0 Å². The largest absolute Gasteiger partial charge is 0.491 e. The van der Waals surface area contributed by atoms with E-state index in [9.17, 15) is 0 Å². The van der Waals surface area contributed by atoms with Crippen molar-refractivity contribution in [2.75, 3.05) is 31.7 Å². The van der Waals surface area contributed by atoms with E-state index in [1.54, 1.807) is 0 Å². The van der Waals surface area contributed by atoms with Crippen molar-refractivity contribution in [3.63, 3.8) is 0 Å². The van der Waals surface area contributed by atoms with Crippen molar-refractivity contribution in [3.05, 3.63) is 23.8 Å². The zero-order valence-corrected chi connectivity index (χ0v) is 11.0. The van der Waals surface area contributed by atoms with E-state index in [1.807, 2.05) is 0 Å². The summed E-state index contributed by atoms with van der Waals surface area (Å²) < 4.78 is 11.6. The summed E-state index contributed by atoms with van der Waals surface area (Å²) in [5, 5.41) is 3.41. The molecule has 0 aliphatic carbocycles. The summed E-state index contributed by atoms with van der Waals surface area (Å²) in [6, 6.07) is 6.32.